The van der Waals surface area contributed by atoms with E-state index in [1.807, 2.05) is 0 Å². The van der Waals surface area contributed by atoms with Gasteiger partial charge in [0.15, 0.2) is 16.7 Å². The number of fused-ring (bicyclic) bond motifs is 1. The molecule has 0 N–H and O–H groups in total. The lowest BCUT2D eigenvalue weighted by molar-refractivity contribution is -0.147. The van der Waals surface area contributed by atoms with Gasteiger partial charge in [-0.15, -0.1) is 21.5 Å². The van der Waals surface area contributed by atoms with E-state index in [4.69, 9.17) is 0 Å². The van der Waals surface area contributed by atoms with Crippen LogP contribution in [0, 0.1) is 0 Å². The fraction of sp³-hybridized carbons (Fsp3) is 0.455. The van der Waals surface area contributed by atoms with Gasteiger partial charge in [0, 0.05) is 25.4 Å². The molecular formula is C11H10F3N5OS. The molecule has 3 heterocycles. The number of halogens is 3. The van der Waals surface area contributed by atoms with E-state index in [0.29, 0.717) is 17.4 Å². The van der Waals surface area contributed by atoms with E-state index in [0.717, 1.165) is 4.57 Å². The van der Waals surface area contributed by atoms with Crippen LogP contribution in [0.1, 0.15) is 29.1 Å². The van der Waals surface area contributed by atoms with Gasteiger partial charge in [-0.3, -0.25) is 4.79 Å². The van der Waals surface area contributed by atoms with Crippen molar-refractivity contribution in [2.75, 3.05) is 11.4 Å². The Balaban J connectivity index is 1.85. The molecule has 6 nitrogen and oxygen atoms in total. The van der Waals surface area contributed by atoms with Crippen molar-refractivity contribution in [3.05, 3.63) is 22.7 Å². The second kappa shape index (κ2) is 4.79. The zero-order valence-corrected chi connectivity index (χ0v) is 11.7. The number of aromatic nitrogens is 4. The van der Waals surface area contributed by atoms with Crippen molar-refractivity contribution in [1.82, 2.24) is 19.7 Å². The van der Waals surface area contributed by atoms with Gasteiger partial charge in [0.05, 0.1) is 6.54 Å². The minimum absolute atomic E-state index is 0.131. The van der Waals surface area contributed by atoms with Gasteiger partial charge < -0.3 is 9.47 Å². The highest BCUT2D eigenvalue weighted by Gasteiger charge is 2.39. The number of Topliss-reactive ketones (excluding diaryl/α,β-unsaturated/α-hetero) is 1. The van der Waals surface area contributed by atoms with Gasteiger partial charge in [-0.05, 0) is 0 Å². The van der Waals surface area contributed by atoms with E-state index in [1.165, 1.54) is 18.3 Å². The van der Waals surface area contributed by atoms with Gasteiger partial charge in [0.2, 0.25) is 5.82 Å². The molecule has 0 aliphatic carbocycles. The van der Waals surface area contributed by atoms with Gasteiger partial charge in [-0.1, -0.05) is 0 Å². The van der Waals surface area contributed by atoms with Crippen LogP contribution in [0.4, 0.5) is 18.3 Å². The van der Waals surface area contributed by atoms with Crippen molar-refractivity contribution >= 4 is 22.3 Å². The maximum atomic E-state index is 12.7. The number of rotatable bonds is 2. The Bertz CT molecular complexity index is 692. The van der Waals surface area contributed by atoms with E-state index in [2.05, 4.69) is 15.2 Å². The quantitative estimate of drug-likeness (QED) is 0.793. The molecule has 2 aromatic rings. The van der Waals surface area contributed by atoms with E-state index in [-0.39, 0.29) is 24.7 Å². The maximum Gasteiger partial charge on any atom is 0.451 e. The van der Waals surface area contributed by atoms with Crippen LogP contribution in [0.2, 0.25) is 0 Å². The van der Waals surface area contributed by atoms with Crippen molar-refractivity contribution in [3.8, 4) is 0 Å². The number of hydrogen-bond acceptors (Lipinski definition) is 6. The molecule has 0 radical (unpaired) electrons. The van der Waals surface area contributed by atoms with Crippen LogP contribution >= 0.6 is 11.3 Å². The van der Waals surface area contributed by atoms with Crippen LogP contribution < -0.4 is 4.90 Å². The summed E-state index contributed by atoms with van der Waals surface area (Å²) in [6.45, 7) is 2.10. The van der Waals surface area contributed by atoms with Crippen LogP contribution in [-0.2, 0) is 19.3 Å². The van der Waals surface area contributed by atoms with Crippen LogP contribution in [0.25, 0.3) is 0 Å². The second-order valence-electron chi connectivity index (χ2n) is 4.58. The Morgan fingerprint density at radius 2 is 2.10 bits per heavy atom. The number of ketones is 1. The first-order valence-electron chi connectivity index (χ1n) is 6.07. The van der Waals surface area contributed by atoms with Gasteiger partial charge in [-0.25, -0.2) is 4.98 Å². The Kier molecular flexibility index (Phi) is 3.19. The van der Waals surface area contributed by atoms with E-state index < -0.39 is 12.0 Å². The van der Waals surface area contributed by atoms with Crippen molar-refractivity contribution in [1.29, 1.82) is 0 Å². The molecule has 0 aromatic carbocycles. The Hall–Kier alpha value is -1.97. The Morgan fingerprint density at radius 3 is 2.71 bits per heavy atom. The van der Waals surface area contributed by atoms with E-state index in [1.54, 1.807) is 10.3 Å². The molecule has 0 fully saturated rings. The summed E-state index contributed by atoms with van der Waals surface area (Å²) >= 11 is 1.29. The third-order valence-electron chi connectivity index (χ3n) is 3.13. The zero-order valence-electron chi connectivity index (χ0n) is 10.9. The maximum absolute atomic E-state index is 12.7. The first-order valence-corrected chi connectivity index (χ1v) is 6.95. The molecule has 1 aliphatic heterocycles. The predicted molar refractivity (Wildman–Crippen MR) is 68.2 cm³/mol. The number of carbonyl (C=O) groups is 1. The van der Waals surface area contributed by atoms with Gasteiger partial charge in [-0.2, -0.15) is 13.2 Å². The molecule has 2 aromatic heterocycles. The van der Waals surface area contributed by atoms with Crippen LogP contribution in [0.5, 0.6) is 0 Å². The molecule has 0 spiro atoms. The number of carbonyl (C=O) groups excluding carboxylic acids is 1. The van der Waals surface area contributed by atoms with Gasteiger partial charge in [0.1, 0.15) is 5.69 Å². The third kappa shape index (κ3) is 2.50. The van der Waals surface area contributed by atoms with Crippen molar-refractivity contribution in [2.24, 2.45) is 0 Å². The molecule has 0 saturated carbocycles. The fourth-order valence-corrected chi connectivity index (χ4v) is 2.99. The molecule has 0 bridgehead atoms. The molecule has 0 amide bonds. The average Bonchev–Trinajstić information content (AvgIpc) is 3.04. The summed E-state index contributed by atoms with van der Waals surface area (Å²) in [4.78, 5) is 17.2. The monoisotopic (exact) mass is 317 g/mol. The molecule has 10 heteroatoms. The lowest BCUT2D eigenvalue weighted by Gasteiger charge is -2.27. The van der Waals surface area contributed by atoms with Crippen molar-refractivity contribution in [3.63, 3.8) is 0 Å². The summed E-state index contributed by atoms with van der Waals surface area (Å²) < 4.78 is 39.3. The van der Waals surface area contributed by atoms with Gasteiger partial charge in [0.25, 0.3) is 0 Å². The smallest absolute Gasteiger partial charge is 0.339 e. The minimum atomic E-state index is -4.50. The average molecular weight is 317 g/mol. The number of thiazole rings is 1. The normalized spacial score (nSPS) is 15.1. The largest absolute Gasteiger partial charge is 0.451 e. The molecule has 3 rings (SSSR count). The van der Waals surface area contributed by atoms with Gasteiger partial charge >= 0.3 is 6.18 Å². The van der Waals surface area contributed by atoms with Crippen LogP contribution in [0.15, 0.2) is 5.38 Å². The zero-order chi connectivity index (χ0) is 15.2. The lowest BCUT2D eigenvalue weighted by Crippen LogP contribution is -2.35. The highest BCUT2D eigenvalue weighted by molar-refractivity contribution is 7.13. The van der Waals surface area contributed by atoms with Crippen molar-refractivity contribution < 1.29 is 18.0 Å². The second-order valence-corrected chi connectivity index (χ2v) is 5.42. The fourth-order valence-electron chi connectivity index (χ4n) is 2.10. The Morgan fingerprint density at radius 1 is 1.33 bits per heavy atom. The van der Waals surface area contributed by atoms with Crippen LogP contribution in [0.3, 0.4) is 0 Å². The van der Waals surface area contributed by atoms with Crippen molar-refractivity contribution in [2.45, 2.75) is 26.2 Å². The number of nitrogens with zero attached hydrogens (tertiary/aromatic N) is 5. The summed E-state index contributed by atoms with van der Waals surface area (Å²) in [6.07, 6.45) is -4.50. The minimum Gasteiger partial charge on any atom is -0.339 e. The number of hydrogen-bond donors (Lipinski definition) is 0. The summed E-state index contributed by atoms with van der Waals surface area (Å²) in [5.41, 5.74) is 0.359. The summed E-state index contributed by atoms with van der Waals surface area (Å²) in [5, 5.41) is 9.06. The summed E-state index contributed by atoms with van der Waals surface area (Å²) in [7, 11) is 0. The molecule has 0 saturated heterocycles. The highest BCUT2D eigenvalue weighted by Crippen LogP contribution is 2.31. The third-order valence-corrected chi connectivity index (χ3v) is 4.03. The first kappa shape index (κ1) is 14.0. The molecule has 0 atom stereocenters. The number of anilines is 1. The first-order chi connectivity index (χ1) is 9.86. The molecule has 112 valence electrons. The SMILES string of the molecule is CC(=O)c1csc(N2CCn3c(nnc3C(F)(F)F)C2)n1. The standard InChI is InChI=1S/C11H10F3N5OS/c1-6(20)7-5-21-10(15-7)18-2-3-19-8(4-18)16-17-9(19)11(12,13)14/h5H,2-4H2,1H3. The lowest BCUT2D eigenvalue weighted by atomic mass is 10.3. The predicted octanol–water partition coefficient (Wildman–Crippen LogP) is 1.98. The molecule has 1 aliphatic rings. The molecule has 21 heavy (non-hydrogen) atoms. The summed E-state index contributed by atoms with van der Waals surface area (Å²) in [6, 6.07) is 0. The van der Waals surface area contributed by atoms with E-state index >= 15 is 0 Å². The van der Waals surface area contributed by atoms with E-state index in [9.17, 15) is 18.0 Å². The summed E-state index contributed by atoms with van der Waals surface area (Å²) in [5.74, 6) is -0.870. The Labute approximate surface area is 121 Å². The highest BCUT2D eigenvalue weighted by atomic mass is 32.1. The molecule has 0 unspecified atom stereocenters. The number of alkyl halides is 3. The molecular weight excluding hydrogens is 307 g/mol. The topological polar surface area (TPSA) is 63.9 Å². The van der Waals surface area contributed by atoms with Crippen LogP contribution in [-0.4, -0.2) is 32.1 Å².